The summed E-state index contributed by atoms with van der Waals surface area (Å²) in [6.45, 7) is 6.94. The first-order valence-corrected chi connectivity index (χ1v) is 6.13. The number of likely N-dealkylation sites (tertiary alicyclic amines) is 1. The number of aliphatic hydroxyl groups is 1. The lowest BCUT2D eigenvalue weighted by molar-refractivity contribution is -0.133. The number of carbonyl (C=O) groups excluding carboxylic acids is 1. The third-order valence-corrected chi connectivity index (χ3v) is 2.80. The highest BCUT2D eigenvalue weighted by molar-refractivity contribution is 5.76. The van der Waals surface area contributed by atoms with Crippen LogP contribution in [-0.2, 0) is 9.53 Å². The van der Waals surface area contributed by atoms with E-state index < -0.39 is 0 Å². The van der Waals surface area contributed by atoms with Crippen LogP contribution in [0.3, 0.4) is 0 Å². The fourth-order valence-electron chi connectivity index (χ4n) is 2.02. The molecular formula is C12H23NO3. The zero-order valence-corrected chi connectivity index (χ0v) is 10.5. The Kier molecular flexibility index (Phi) is 5.22. The number of ether oxygens (including phenoxy) is 1. The van der Waals surface area contributed by atoms with Crippen molar-refractivity contribution in [3.63, 3.8) is 0 Å². The topological polar surface area (TPSA) is 49.8 Å². The Morgan fingerprint density at radius 3 is 2.81 bits per heavy atom. The molecule has 94 valence electrons. The van der Waals surface area contributed by atoms with Gasteiger partial charge in [-0.15, -0.1) is 0 Å². The van der Waals surface area contributed by atoms with E-state index in [1.54, 1.807) is 4.90 Å². The molecule has 2 atom stereocenters. The third kappa shape index (κ3) is 3.76. The monoisotopic (exact) mass is 229 g/mol. The molecule has 0 aromatic heterocycles. The van der Waals surface area contributed by atoms with Gasteiger partial charge >= 0.3 is 0 Å². The largest absolute Gasteiger partial charge is 0.391 e. The molecular weight excluding hydrogens is 206 g/mol. The van der Waals surface area contributed by atoms with Gasteiger partial charge in [0.2, 0.25) is 5.91 Å². The number of carbonyl (C=O) groups is 1. The minimum Gasteiger partial charge on any atom is -0.391 e. The van der Waals surface area contributed by atoms with Gasteiger partial charge in [-0.3, -0.25) is 4.79 Å². The summed E-state index contributed by atoms with van der Waals surface area (Å²) in [4.78, 5) is 13.6. The predicted molar refractivity (Wildman–Crippen MR) is 62.1 cm³/mol. The first kappa shape index (κ1) is 13.5. The lowest BCUT2D eigenvalue weighted by Gasteiger charge is -2.25. The quantitative estimate of drug-likeness (QED) is 0.770. The standard InChI is InChI=1S/C12H23NO3/c1-4-5-12(15)13-7-11(14)6-10(13)8-16-9(2)3/h9-11,14H,4-8H2,1-3H3/t10?,11-/m1/s1. The van der Waals surface area contributed by atoms with Crippen molar-refractivity contribution in [1.29, 1.82) is 0 Å². The van der Waals surface area contributed by atoms with Crippen molar-refractivity contribution in [3.05, 3.63) is 0 Å². The molecule has 16 heavy (non-hydrogen) atoms. The second kappa shape index (κ2) is 6.21. The van der Waals surface area contributed by atoms with E-state index in [0.717, 1.165) is 6.42 Å². The number of β-amino-alcohol motifs (C(OH)–C–C–N with tert-alkyl or cyclic N) is 1. The lowest BCUT2D eigenvalue weighted by atomic mass is 10.2. The third-order valence-electron chi connectivity index (χ3n) is 2.80. The zero-order valence-electron chi connectivity index (χ0n) is 10.5. The summed E-state index contributed by atoms with van der Waals surface area (Å²) in [6, 6.07) is 0.0523. The minimum atomic E-state index is -0.387. The number of hydrogen-bond donors (Lipinski definition) is 1. The average Bonchev–Trinajstić information content (AvgIpc) is 2.57. The Bertz CT molecular complexity index is 230. The summed E-state index contributed by atoms with van der Waals surface area (Å²) in [5.74, 6) is 0.136. The summed E-state index contributed by atoms with van der Waals surface area (Å²) in [5, 5.41) is 9.60. The molecule has 1 N–H and O–H groups in total. The maximum absolute atomic E-state index is 11.8. The van der Waals surface area contributed by atoms with Crippen LogP contribution in [0.2, 0.25) is 0 Å². The van der Waals surface area contributed by atoms with E-state index in [1.165, 1.54) is 0 Å². The Hall–Kier alpha value is -0.610. The van der Waals surface area contributed by atoms with Gasteiger partial charge in [-0.1, -0.05) is 6.92 Å². The highest BCUT2D eigenvalue weighted by Crippen LogP contribution is 2.20. The van der Waals surface area contributed by atoms with Gasteiger partial charge in [0.15, 0.2) is 0 Å². The number of rotatable bonds is 5. The molecule has 0 aliphatic carbocycles. The van der Waals surface area contributed by atoms with Gasteiger partial charge in [0, 0.05) is 13.0 Å². The second-order valence-electron chi connectivity index (χ2n) is 4.72. The molecule has 1 amide bonds. The smallest absolute Gasteiger partial charge is 0.222 e. The summed E-state index contributed by atoms with van der Waals surface area (Å²) < 4.78 is 5.53. The van der Waals surface area contributed by atoms with Crippen LogP contribution in [0.1, 0.15) is 40.0 Å². The fraction of sp³-hybridized carbons (Fsp3) is 0.917. The summed E-state index contributed by atoms with van der Waals surface area (Å²) in [6.07, 6.45) is 1.83. The molecule has 4 nitrogen and oxygen atoms in total. The van der Waals surface area contributed by atoms with Crippen molar-refractivity contribution in [2.24, 2.45) is 0 Å². The first-order chi connectivity index (χ1) is 7.54. The molecule has 1 aliphatic rings. The van der Waals surface area contributed by atoms with E-state index in [-0.39, 0.29) is 24.2 Å². The van der Waals surface area contributed by atoms with Gasteiger partial charge in [-0.05, 0) is 26.7 Å². The van der Waals surface area contributed by atoms with Crippen molar-refractivity contribution in [2.75, 3.05) is 13.2 Å². The van der Waals surface area contributed by atoms with E-state index in [1.807, 2.05) is 20.8 Å². The van der Waals surface area contributed by atoms with E-state index in [2.05, 4.69) is 0 Å². The fourth-order valence-corrected chi connectivity index (χ4v) is 2.02. The number of aliphatic hydroxyl groups excluding tert-OH is 1. The Morgan fingerprint density at radius 2 is 2.25 bits per heavy atom. The predicted octanol–water partition coefficient (Wildman–Crippen LogP) is 1.17. The Labute approximate surface area is 97.6 Å². The van der Waals surface area contributed by atoms with Crippen molar-refractivity contribution in [2.45, 2.75) is 58.3 Å². The molecule has 0 aromatic carbocycles. The Balaban J connectivity index is 2.49. The number of hydrogen-bond acceptors (Lipinski definition) is 3. The van der Waals surface area contributed by atoms with Gasteiger partial charge in [-0.2, -0.15) is 0 Å². The van der Waals surface area contributed by atoms with Crippen LogP contribution < -0.4 is 0 Å². The molecule has 1 saturated heterocycles. The highest BCUT2D eigenvalue weighted by atomic mass is 16.5. The Morgan fingerprint density at radius 1 is 1.56 bits per heavy atom. The van der Waals surface area contributed by atoms with Crippen LogP contribution in [-0.4, -0.2) is 47.3 Å². The molecule has 0 radical (unpaired) electrons. The number of nitrogens with zero attached hydrogens (tertiary/aromatic N) is 1. The van der Waals surface area contributed by atoms with Crippen molar-refractivity contribution in [1.82, 2.24) is 4.90 Å². The summed E-state index contributed by atoms with van der Waals surface area (Å²) >= 11 is 0. The molecule has 0 aromatic rings. The normalized spacial score (nSPS) is 25.4. The van der Waals surface area contributed by atoms with Crippen molar-refractivity contribution >= 4 is 5.91 Å². The zero-order chi connectivity index (χ0) is 12.1. The van der Waals surface area contributed by atoms with Crippen molar-refractivity contribution in [3.8, 4) is 0 Å². The highest BCUT2D eigenvalue weighted by Gasteiger charge is 2.33. The SMILES string of the molecule is CCCC(=O)N1C[C@H](O)CC1COC(C)C. The molecule has 0 spiro atoms. The molecule has 1 rings (SSSR count). The number of amides is 1. The van der Waals surface area contributed by atoms with Gasteiger partial charge in [0.25, 0.3) is 0 Å². The van der Waals surface area contributed by atoms with Gasteiger partial charge < -0.3 is 14.7 Å². The van der Waals surface area contributed by atoms with Crippen LogP contribution >= 0.6 is 0 Å². The minimum absolute atomic E-state index is 0.0523. The van der Waals surface area contributed by atoms with E-state index >= 15 is 0 Å². The van der Waals surface area contributed by atoms with Crippen LogP contribution in [0.4, 0.5) is 0 Å². The van der Waals surface area contributed by atoms with Gasteiger partial charge in [0.05, 0.1) is 24.9 Å². The summed E-state index contributed by atoms with van der Waals surface area (Å²) in [7, 11) is 0. The van der Waals surface area contributed by atoms with Gasteiger partial charge in [-0.25, -0.2) is 0 Å². The van der Waals surface area contributed by atoms with E-state index in [0.29, 0.717) is 26.0 Å². The van der Waals surface area contributed by atoms with Crippen LogP contribution in [0.5, 0.6) is 0 Å². The van der Waals surface area contributed by atoms with E-state index in [4.69, 9.17) is 4.74 Å². The maximum Gasteiger partial charge on any atom is 0.222 e. The maximum atomic E-state index is 11.8. The molecule has 0 saturated carbocycles. The van der Waals surface area contributed by atoms with Gasteiger partial charge in [0.1, 0.15) is 0 Å². The second-order valence-corrected chi connectivity index (χ2v) is 4.72. The molecule has 0 bridgehead atoms. The first-order valence-electron chi connectivity index (χ1n) is 6.13. The average molecular weight is 229 g/mol. The molecule has 1 aliphatic heterocycles. The molecule has 4 heteroatoms. The molecule has 1 fully saturated rings. The molecule has 1 unspecified atom stereocenters. The van der Waals surface area contributed by atoms with Crippen LogP contribution in [0, 0.1) is 0 Å². The summed E-state index contributed by atoms with van der Waals surface area (Å²) in [5.41, 5.74) is 0. The van der Waals surface area contributed by atoms with Crippen molar-refractivity contribution < 1.29 is 14.6 Å². The van der Waals surface area contributed by atoms with Crippen LogP contribution in [0.15, 0.2) is 0 Å². The van der Waals surface area contributed by atoms with Crippen LogP contribution in [0.25, 0.3) is 0 Å². The molecule has 1 heterocycles. The van der Waals surface area contributed by atoms with E-state index in [9.17, 15) is 9.90 Å². The lowest BCUT2D eigenvalue weighted by Crippen LogP contribution is -2.38.